The number of nitrogens with one attached hydrogen (secondary N) is 3. The zero-order valence-corrected chi connectivity index (χ0v) is 27.9. The second-order valence-electron chi connectivity index (χ2n) is 12.2. The number of fused-ring (bicyclic) bond motifs is 1. The van der Waals surface area contributed by atoms with E-state index in [1.54, 1.807) is 27.0 Å². The number of ether oxygens (including phenoxy) is 4. The van der Waals surface area contributed by atoms with Crippen molar-refractivity contribution in [3.05, 3.63) is 36.0 Å². The van der Waals surface area contributed by atoms with E-state index in [0.29, 0.717) is 6.42 Å². The molecule has 0 bridgehead atoms. The van der Waals surface area contributed by atoms with Crippen molar-refractivity contribution in [2.24, 2.45) is 5.92 Å². The Morgan fingerprint density at radius 3 is 2.22 bits per heavy atom. The molecule has 1 aliphatic heterocycles. The molecule has 0 aliphatic carbocycles. The number of hydrogen-bond acceptors (Lipinski definition) is 10. The van der Waals surface area contributed by atoms with Crippen LogP contribution in [0.4, 0.5) is 4.79 Å². The van der Waals surface area contributed by atoms with Gasteiger partial charge in [0, 0.05) is 49.0 Å². The quantitative estimate of drug-likeness (QED) is 0.226. The molecule has 1 aromatic carbocycles. The molecule has 12 nitrogen and oxygen atoms in total. The van der Waals surface area contributed by atoms with Gasteiger partial charge >= 0.3 is 18.0 Å². The fourth-order valence-corrected chi connectivity index (χ4v) is 6.55. The van der Waals surface area contributed by atoms with Gasteiger partial charge in [0.25, 0.3) is 0 Å². The molecule has 248 valence electrons. The summed E-state index contributed by atoms with van der Waals surface area (Å²) in [4.78, 5) is 66.3. The van der Waals surface area contributed by atoms with Gasteiger partial charge in [0.2, 0.25) is 5.91 Å². The maximum atomic E-state index is 13.7. The standard InChI is InChI=1S/C32H45N3O9S/c1-9-26-17(2)27(41-19(4)37)28(42-20(5)38)30(43-26)45-16-25(18(3)36)34-29(39)24(35-31(40)44-32(6,7)8)14-21-15-33-23-13-11-10-12-22(21)23/h10-13,15,17,24-28,30,33H,9,14,16H2,1-8H3,(H,34,39)(H,35,40)/t17-,24+,25+,26-,27+,28-,30-/m1/s1. The van der Waals surface area contributed by atoms with Crippen LogP contribution < -0.4 is 10.6 Å². The Hall–Kier alpha value is -3.58. The summed E-state index contributed by atoms with van der Waals surface area (Å²) >= 11 is 1.18. The lowest BCUT2D eigenvalue weighted by Crippen LogP contribution is -2.56. The smallest absolute Gasteiger partial charge is 0.408 e. The first-order chi connectivity index (χ1) is 21.1. The van der Waals surface area contributed by atoms with Crippen LogP contribution in [-0.4, -0.2) is 81.9 Å². The van der Waals surface area contributed by atoms with Gasteiger partial charge in [-0.05, 0) is 45.7 Å². The summed E-state index contributed by atoms with van der Waals surface area (Å²) in [5, 5.41) is 6.34. The third-order valence-corrected chi connectivity index (χ3v) is 8.59. The van der Waals surface area contributed by atoms with E-state index in [0.717, 1.165) is 16.5 Å². The van der Waals surface area contributed by atoms with E-state index in [-0.39, 0.29) is 30.0 Å². The van der Waals surface area contributed by atoms with Crippen molar-refractivity contribution in [3.63, 3.8) is 0 Å². The SMILES string of the molecule is CC[C@H]1O[C@H](SC[C@H](NC(=O)[C@H](Cc2c[nH]c3ccccc23)NC(=O)OC(C)(C)C)C(C)=O)[C@H](OC(C)=O)[C@@H](OC(C)=O)[C@@H]1C. The van der Waals surface area contributed by atoms with Gasteiger partial charge in [-0.15, -0.1) is 11.8 Å². The van der Waals surface area contributed by atoms with Crippen molar-refractivity contribution in [2.45, 2.75) is 110 Å². The van der Waals surface area contributed by atoms with Crippen LogP contribution in [0.2, 0.25) is 0 Å². The average molecular weight is 648 g/mol. The molecule has 2 aromatic rings. The van der Waals surface area contributed by atoms with E-state index < -0.39 is 59.3 Å². The zero-order valence-electron chi connectivity index (χ0n) is 27.1. The number of alkyl carbamates (subject to hydrolysis) is 1. The predicted molar refractivity (Wildman–Crippen MR) is 169 cm³/mol. The van der Waals surface area contributed by atoms with Gasteiger partial charge in [0.05, 0.1) is 12.1 Å². The molecule has 2 heterocycles. The van der Waals surface area contributed by atoms with E-state index in [9.17, 15) is 24.0 Å². The number of hydrogen-bond donors (Lipinski definition) is 3. The van der Waals surface area contributed by atoms with Crippen LogP contribution in [0.15, 0.2) is 30.5 Å². The molecule has 1 fully saturated rings. The fraction of sp³-hybridized carbons (Fsp3) is 0.594. The summed E-state index contributed by atoms with van der Waals surface area (Å²) in [6, 6.07) is 5.55. The minimum atomic E-state index is -1.07. The largest absolute Gasteiger partial charge is 0.458 e. The minimum Gasteiger partial charge on any atom is -0.458 e. The third kappa shape index (κ3) is 10.2. The maximum absolute atomic E-state index is 13.7. The number of ketones is 1. The number of carbonyl (C=O) groups is 5. The summed E-state index contributed by atoms with van der Waals surface area (Å²) in [5.74, 6) is -2.18. The van der Waals surface area contributed by atoms with Gasteiger partial charge in [-0.25, -0.2) is 4.79 Å². The number of rotatable bonds is 12. The summed E-state index contributed by atoms with van der Waals surface area (Å²) in [6.07, 6.45) is -0.239. The van der Waals surface area contributed by atoms with E-state index in [4.69, 9.17) is 18.9 Å². The number of H-pyrrole nitrogens is 1. The number of benzene rings is 1. The summed E-state index contributed by atoms with van der Waals surface area (Å²) in [6.45, 7) is 12.9. The minimum absolute atomic E-state index is 0.0629. The van der Waals surface area contributed by atoms with Crippen LogP contribution in [0.1, 0.15) is 67.4 Å². The van der Waals surface area contributed by atoms with E-state index in [1.165, 1.54) is 32.5 Å². The number of thioether (sulfide) groups is 1. The molecule has 3 rings (SSSR count). The number of Topliss-reactive ketones (excluding diaryl/α,β-unsaturated/α-hetero) is 1. The number of carbonyl (C=O) groups excluding carboxylic acids is 5. The van der Waals surface area contributed by atoms with Crippen LogP contribution in [0.3, 0.4) is 0 Å². The first kappa shape index (κ1) is 35.9. The van der Waals surface area contributed by atoms with Crippen molar-refractivity contribution in [1.29, 1.82) is 0 Å². The summed E-state index contributed by atoms with van der Waals surface area (Å²) in [7, 11) is 0. The van der Waals surface area contributed by atoms with Gasteiger partial charge in [-0.2, -0.15) is 0 Å². The summed E-state index contributed by atoms with van der Waals surface area (Å²) < 4.78 is 22.8. The molecule has 0 radical (unpaired) electrons. The lowest BCUT2D eigenvalue weighted by molar-refractivity contribution is -0.207. The molecule has 0 spiro atoms. The Morgan fingerprint density at radius 2 is 1.62 bits per heavy atom. The van der Waals surface area contributed by atoms with Crippen molar-refractivity contribution < 1.29 is 42.9 Å². The van der Waals surface area contributed by atoms with Crippen LogP contribution in [0.5, 0.6) is 0 Å². The van der Waals surface area contributed by atoms with Crippen LogP contribution in [0, 0.1) is 5.92 Å². The average Bonchev–Trinajstić information content (AvgIpc) is 3.34. The second kappa shape index (κ2) is 15.6. The van der Waals surface area contributed by atoms with Gasteiger partial charge in [0.15, 0.2) is 11.9 Å². The highest BCUT2D eigenvalue weighted by molar-refractivity contribution is 7.99. The molecule has 1 saturated heterocycles. The molecular weight excluding hydrogens is 602 g/mol. The Kier molecular flexibility index (Phi) is 12.5. The van der Waals surface area contributed by atoms with E-state index >= 15 is 0 Å². The Balaban J connectivity index is 1.81. The zero-order chi connectivity index (χ0) is 33.5. The highest BCUT2D eigenvalue weighted by Gasteiger charge is 2.47. The lowest BCUT2D eigenvalue weighted by atomic mass is 9.89. The molecule has 1 aromatic heterocycles. The van der Waals surface area contributed by atoms with Crippen molar-refractivity contribution in [1.82, 2.24) is 15.6 Å². The first-order valence-corrected chi connectivity index (χ1v) is 16.1. The molecule has 13 heteroatoms. The monoisotopic (exact) mass is 647 g/mol. The molecule has 1 aliphatic rings. The highest BCUT2D eigenvalue weighted by atomic mass is 32.2. The molecule has 7 atom stereocenters. The molecular formula is C32H45N3O9S. The number of aromatic nitrogens is 1. The molecule has 0 unspecified atom stereocenters. The molecule has 45 heavy (non-hydrogen) atoms. The Morgan fingerprint density at radius 1 is 0.978 bits per heavy atom. The molecule has 3 N–H and O–H groups in total. The fourth-order valence-electron chi connectivity index (χ4n) is 5.23. The predicted octanol–water partition coefficient (Wildman–Crippen LogP) is 4.05. The number of amides is 2. The van der Waals surface area contributed by atoms with Gasteiger partial charge in [-0.1, -0.05) is 32.0 Å². The van der Waals surface area contributed by atoms with Crippen LogP contribution in [-0.2, 0) is 44.5 Å². The third-order valence-electron chi connectivity index (χ3n) is 7.35. The van der Waals surface area contributed by atoms with Gasteiger partial charge in [-0.3, -0.25) is 19.2 Å². The van der Waals surface area contributed by atoms with Crippen LogP contribution in [0.25, 0.3) is 10.9 Å². The van der Waals surface area contributed by atoms with Crippen molar-refractivity contribution in [2.75, 3.05) is 5.75 Å². The Labute approximate surface area is 268 Å². The Bertz CT molecular complexity index is 1370. The van der Waals surface area contributed by atoms with Crippen molar-refractivity contribution >= 4 is 52.4 Å². The summed E-state index contributed by atoms with van der Waals surface area (Å²) in [5.41, 5.74) is 0.107. The highest BCUT2D eigenvalue weighted by Crippen LogP contribution is 2.37. The van der Waals surface area contributed by atoms with Gasteiger partial charge in [0.1, 0.15) is 23.2 Å². The van der Waals surface area contributed by atoms with E-state index in [1.807, 2.05) is 38.1 Å². The van der Waals surface area contributed by atoms with E-state index in [2.05, 4.69) is 15.6 Å². The lowest BCUT2D eigenvalue weighted by Gasteiger charge is -2.44. The normalized spacial score (nSPS) is 23.0. The molecule has 0 saturated carbocycles. The number of esters is 2. The number of aromatic amines is 1. The van der Waals surface area contributed by atoms with Crippen molar-refractivity contribution in [3.8, 4) is 0 Å². The second-order valence-corrected chi connectivity index (χ2v) is 13.4. The van der Waals surface area contributed by atoms with Crippen LogP contribution >= 0.6 is 11.8 Å². The topological polar surface area (TPSA) is 162 Å². The first-order valence-electron chi connectivity index (χ1n) is 15.1. The molecule has 2 amide bonds. The maximum Gasteiger partial charge on any atom is 0.408 e. The number of para-hydroxylation sites is 1. The van der Waals surface area contributed by atoms with Gasteiger partial charge < -0.3 is 34.6 Å².